The molecule has 4 saturated carbocycles. The predicted molar refractivity (Wildman–Crippen MR) is 141 cm³/mol. The molecule has 1 aromatic carbocycles. The van der Waals surface area contributed by atoms with E-state index in [0.717, 1.165) is 47.8 Å². The van der Waals surface area contributed by atoms with Gasteiger partial charge in [0.25, 0.3) is 0 Å². The van der Waals surface area contributed by atoms with E-state index in [1.54, 1.807) is 7.11 Å². The van der Waals surface area contributed by atoms with Crippen molar-refractivity contribution in [3.05, 3.63) is 29.8 Å². The van der Waals surface area contributed by atoms with Gasteiger partial charge in [0.05, 0.1) is 23.8 Å². The van der Waals surface area contributed by atoms with Gasteiger partial charge in [0.2, 0.25) is 0 Å². The second-order valence-corrected chi connectivity index (χ2v) is 12.8. The van der Waals surface area contributed by atoms with E-state index < -0.39 is 5.60 Å². The first kappa shape index (κ1) is 25.1. The van der Waals surface area contributed by atoms with Gasteiger partial charge in [-0.3, -0.25) is 0 Å². The van der Waals surface area contributed by atoms with Crippen LogP contribution >= 0.6 is 0 Å². The SMILES string of the molecule is CCC[C@H](Nc1cccc(C#N)c1)[C@H]1CC[C@H]2[C@@H]3CC[C@@H]4C[C@@](O)(COC)CC[C@@H]4[C@H]3CC[C@]12C. The zero-order valence-electron chi connectivity index (χ0n) is 22.1. The average molecular weight is 479 g/mol. The minimum atomic E-state index is -0.591. The zero-order valence-corrected chi connectivity index (χ0v) is 22.1. The molecule has 9 atom stereocenters. The van der Waals surface area contributed by atoms with Crippen LogP contribution in [0.4, 0.5) is 5.69 Å². The van der Waals surface area contributed by atoms with Crippen LogP contribution in [-0.4, -0.2) is 30.5 Å². The largest absolute Gasteiger partial charge is 0.387 e. The van der Waals surface area contributed by atoms with Gasteiger partial charge in [-0.2, -0.15) is 5.26 Å². The fourth-order valence-corrected chi connectivity index (χ4v) is 9.64. The lowest BCUT2D eigenvalue weighted by Crippen LogP contribution is -2.52. The average Bonchev–Trinajstić information content (AvgIpc) is 3.20. The van der Waals surface area contributed by atoms with Gasteiger partial charge in [0, 0.05) is 18.8 Å². The van der Waals surface area contributed by atoms with Gasteiger partial charge in [0.1, 0.15) is 0 Å². The van der Waals surface area contributed by atoms with Crippen molar-refractivity contribution >= 4 is 5.69 Å². The van der Waals surface area contributed by atoms with Crippen molar-refractivity contribution in [2.24, 2.45) is 40.9 Å². The molecular weight excluding hydrogens is 432 g/mol. The number of hydrogen-bond acceptors (Lipinski definition) is 4. The van der Waals surface area contributed by atoms with Crippen molar-refractivity contribution in [3.63, 3.8) is 0 Å². The molecule has 4 fully saturated rings. The van der Waals surface area contributed by atoms with Crippen molar-refractivity contribution in [2.45, 2.75) is 96.1 Å². The van der Waals surface area contributed by atoms with E-state index in [-0.39, 0.29) is 0 Å². The summed E-state index contributed by atoms with van der Waals surface area (Å²) in [4.78, 5) is 0. The van der Waals surface area contributed by atoms with Crippen molar-refractivity contribution in [2.75, 3.05) is 19.0 Å². The number of anilines is 1. The van der Waals surface area contributed by atoms with Crippen molar-refractivity contribution in [3.8, 4) is 6.07 Å². The molecule has 1 aromatic rings. The van der Waals surface area contributed by atoms with Crippen molar-refractivity contribution in [1.82, 2.24) is 0 Å². The van der Waals surface area contributed by atoms with E-state index in [0.29, 0.717) is 29.9 Å². The lowest BCUT2D eigenvalue weighted by molar-refractivity contribution is -0.125. The van der Waals surface area contributed by atoms with E-state index in [1.807, 2.05) is 18.2 Å². The number of fused-ring (bicyclic) bond motifs is 5. The van der Waals surface area contributed by atoms with Crippen molar-refractivity contribution < 1.29 is 9.84 Å². The second kappa shape index (κ2) is 10.1. The number of ether oxygens (including phenoxy) is 1. The summed E-state index contributed by atoms with van der Waals surface area (Å²) >= 11 is 0. The molecule has 0 bridgehead atoms. The molecule has 0 saturated heterocycles. The van der Waals surface area contributed by atoms with Crippen LogP contribution in [0.15, 0.2) is 24.3 Å². The molecule has 0 amide bonds. The molecule has 2 N–H and O–H groups in total. The quantitative estimate of drug-likeness (QED) is 0.453. The zero-order chi connectivity index (χ0) is 24.6. The topological polar surface area (TPSA) is 65.3 Å². The maximum atomic E-state index is 11.0. The van der Waals surface area contributed by atoms with Gasteiger partial charge in [-0.25, -0.2) is 0 Å². The summed E-state index contributed by atoms with van der Waals surface area (Å²) in [6, 6.07) is 10.8. The number of rotatable bonds is 7. The number of aliphatic hydroxyl groups is 1. The Labute approximate surface area is 212 Å². The number of methoxy groups -OCH3 is 1. The van der Waals surface area contributed by atoms with E-state index in [1.165, 1.54) is 57.8 Å². The third-order valence-electron chi connectivity index (χ3n) is 11.0. The fourth-order valence-electron chi connectivity index (χ4n) is 9.64. The van der Waals surface area contributed by atoms with Crippen LogP contribution in [0.25, 0.3) is 0 Å². The highest BCUT2D eigenvalue weighted by Crippen LogP contribution is 2.65. The molecule has 4 nitrogen and oxygen atoms in total. The molecule has 5 rings (SSSR count). The van der Waals surface area contributed by atoms with Crippen LogP contribution in [0.5, 0.6) is 0 Å². The van der Waals surface area contributed by atoms with E-state index in [9.17, 15) is 10.4 Å². The Bertz CT molecular complexity index is 927. The Morgan fingerprint density at radius 2 is 1.94 bits per heavy atom. The predicted octanol–water partition coefficient (Wildman–Crippen LogP) is 6.79. The first-order valence-corrected chi connectivity index (χ1v) is 14.4. The number of nitriles is 1. The van der Waals surface area contributed by atoms with Crippen LogP contribution in [0, 0.1) is 52.3 Å². The minimum absolute atomic E-state index is 0.416. The normalized spacial score (nSPS) is 41.2. The Kier molecular flexibility index (Phi) is 7.21. The molecule has 0 aliphatic heterocycles. The van der Waals surface area contributed by atoms with Crippen molar-refractivity contribution in [1.29, 1.82) is 5.26 Å². The summed E-state index contributed by atoms with van der Waals surface area (Å²) in [5.74, 6) is 4.79. The Morgan fingerprint density at radius 3 is 2.71 bits per heavy atom. The number of nitrogens with zero attached hydrogens (tertiary/aromatic N) is 1. The van der Waals surface area contributed by atoms with Crippen LogP contribution < -0.4 is 5.32 Å². The lowest BCUT2D eigenvalue weighted by atomic mass is 9.48. The smallest absolute Gasteiger partial charge is 0.0992 e. The monoisotopic (exact) mass is 478 g/mol. The maximum absolute atomic E-state index is 11.0. The highest BCUT2D eigenvalue weighted by Gasteiger charge is 2.58. The van der Waals surface area contributed by atoms with Gasteiger partial charge < -0.3 is 15.2 Å². The molecular formula is C31H46N2O2. The highest BCUT2D eigenvalue weighted by molar-refractivity contribution is 5.50. The van der Waals surface area contributed by atoms with Crippen LogP contribution in [0.2, 0.25) is 0 Å². The summed E-state index contributed by atoms with van der Waals surface area (Å²) < 4.78 is 5.38. The van der Waals surface area contributed by atoms with Gasteiger partial charge in [-0.15, -0.1) is 0 Å². The third kappa shape index (κ3) is 4.64. The van der Waals surface area contributed by atoms with Gasteiger partial charge in [0.15, 0.2) is 0 Å². The minimum Gasteiger partial charge on any atom is -0.387 e. The number of benzene rings is 1. The summed E-state index contributed by atoms with van der Waals surface area (Å²) in [5, 5.41) is 24.3. The maximum Gasteiger partial charge on any atom is 0.0992 e. The Hall–Kier alpha value is -1.57. The van der Waals surface area contributed by atoms with Gasteiger partial charge in [-0.05, 0) is 123 Å². The molecule has 4 heteroatoms. The molecule has 4 aliphatic rings. The lowest BCUT2D eigenvalue weighted by Gasteiger charge is -2.57. The number of nitrogens with one attached hydrogen (secondary N) is 1. The van der Waals surface area contributed by atoms with Crippen LogP contribution in [0.1, 0.15) is 90.0 Å². The third-order valence-corrected chi connectivity index (χ3v) is 11.0. The van der Waals surface area contributed by atoms with Gasteiger partial charge >= 0.3 is 0 Å². The molecule has 0 unspecified atom stereocenters. The van der Waals surface area contributed by atoms with Crippen LogP contribution in [0.3, 0.4) is 0 Å². The van der Waals surface area contributed by atoms with E-state index in [4.69, 9.17) is 4.74 Å². The Balaban J connectivity index is 1.31. The molecule has 0 heterocycles. The summed E-state index contributed by atoms with van der Waals surface area (Å²) in [7, 11) is 1.72. The summed E-state index contributed by atoms with van der Waals surface area (Å²) in [6.07, 6.45) is 13.5. The molecule has 192 valence electrons. The van der Waals surface area contributed by atoms with Crippen LogP contribution in [-0.2, 0) is 4.74 Å². The van der Waals surface area contributed by atoms with Gasteiger partial charge in [-0.1, -0.05) is 26.3 Å². The summed E-state index contributed by atoms with van der Waals surface area (Å²) in [5.41, 5.74) is 1.67. The first-order valence-electron chi connectivity index (χ1n) is 14.4. The molecule has 0 aromatic heterocycles. The molecule has 0 radical (unpaired) electrons. The first-order chi connectivity index (χ1) is 16.9. The van der Waals surface area contributed by atoms with E-state index in [2.05, 4.69) is 31.3 Å². The number of hydrogen-bond donors (Lipinski definition) is 2. The highest BCUT2D eigenvalue weighted by atomic mass is 16.5. The fraction of sp³-hybridized carbons (Fsp3) is 0.774. The second-order valence-electron chi connectivity index (χ2n) is 12.8. The molecule has 0 spiro atoms. The molecule has 4 aliphatic carbocycles. The Morgan fingerprint density at radius 1 is 1.11 bits per heavy atom. The van der Waals surface area contributed by atoms with E-state index >= 15 is 0 Å². The molecule has 35 heavy (non-hydrogen) atoms. The standard InChI is InChI=1S/C31H46N2O2/c1-4-6-29(33-23-8-5-7-21(17-23)19-32)28-12-11-27-26-10-9-22-18-31(34,20-35-3)16-14-24(22)25(26)13-15-30(27,28)2/h5,7-8,17,22,24-29,33-34H,4,6,9-16,18,20H2,1-3H3/t22-,24+,25-,26-,27+,28-,29+,30+,31-/m1/s1. The summed E-state index contributed by atoms with van der Waals surface area (Å²) in [6.45, 7) is 5.43.